The molecular weight excluding hydrogens is 1040 g/mol. The summed E-state index contributed by atoms with van der Waals surface area (Å²) in [6, 6.07) is 62.1. The number of imidazole rings is 1. The number of hydrogen-bond donors (Lipinski definition) is 2. The Kier molecular flexibility index (Phi) is 16.8. The van der Waals surface area contributed by atoms with Crippen LogP contribution in [0.5, 0.6) is 17.2 Å². The smallest absolute Gasteiger partial charge is 0.323 e. The molecule has 1 saturated heterocycles. The maximum absolute atomic E-state index is 16.6. The van der Waals surface area contributed by atoms with Gasteiger partial charge in [-0.15, -0.1) is 6.42 Å². The highest BCUT2D eigenvalue weighted by Crippen LogP contribution is 2.53. The number of halogens is 1. The van der Waals surface area contributed by atoms with E-state index in [-0.39, 0.29) is 42.6 Å². The second kappa shape index (κ2) is 24.4. The largest absolute Gasteiger partial charge is 0.497 e. The fourth-order valence-electron chi connectivity index (χ4n) is 10.6. The minimum Gasteiger partial charge on any atom is -0.497 e. The van der Waals surface area contributed by atoms with E-state index in [1.165, 1.54) is 6.33 Å². The van der Waals surface area contributed by atoms with Crippen LogP contribution in [0.1, 0.15) is 72.7 Å². The molecule has 0 amide bonds. The zero-order chi connectivity index (χ0) is 56.5. The average Bonchev–Trinajstić information content (AvgIpc) is 4.30. The van der Waals surface area contributed by atoms with Crippen molar-refractivity contribution in [3.63, 3.8) is 0 Å². The molecule has 10 rings (SSSR count). The number of carbonyl (C=O) groups excluding carboxylic acids is 1. The van der Waals surface area contributed by atoms with E-state index in [2.05, 4.69) is 26.3 Å². The van der Waals surface area contributed by atoms with E-state index < -0.39 is 54.7 Å². The second-order valence-corrected chi connectivity index (χ2v) is 21.9. The number of nitrogens with zero attached hydrogens (tertiary/aromatic N) is 4. The van der Waals surface area contributed by atoms with Gasteiger partial charge in [0.1, 0.15) is 46.8 Å². The minimum absolute atomic E-state index is 0.0441. The van der Waals surface area contributed by atoms with Gasteiger partial charge in [-0.1, -0.05) is 177 Å². The zero-order valence-electron chi connectivity index (χ0n) is 45.4. The fourth-order valence-corrected chi connectivity index (χ4v) is 12.7. The van der Waals surface area contributed by atoms with E-state index in [1.54, 1.807) is 50.0 Å². The predicted octanol–water partition coefficient (Wildman–Crippen LogP) is 12.6. The van der Waals surface area contributed by atoms with E-state index in [0.717, 1.165) is 33.4 Å². The molecule has 81 heavy (non-hydrogen) atoms. The summed E-state index contributed by atoms with van der Waals surface area (Å²) in [5.74, 6) is 4.08. The molecule has 5 atom stereocenters. The first kappa shape index (κ1) is 55.7. The number of hydrogen-bond acceptors (Lipinski definition) is 12. The van der Waals surface area contributed by atoms with Crippen LogP contribution in [0.25, 0.3) is 11.2 Å². The normalized spacial score (nSPS) is 17.3. The Bertz CT molecular complexity index is 3550. The average molecular weight is 1110 g/mol. The molecule has 3 heterocycles. The molecule has 16 heteroatoms. The summed E-state index contributed by atoms with van der Waals surface area (Å²) in [6.07, 6.45) is 5.50. The number of esters is 1. The minimum atomic E-state index is -4.09. The van der Waals surface area contributed by atoms with Crippen molar-refractivity contribution in [1.29, 1.82) is 0 Å². The number of ether oxygens (including phenoxy) is 5. The lowest BCUT2D eigenvalue weighted by molar-refractivity contribution is -0.145. The lowest BCUT2D eigenvalue weighted by Crippen LogP contribution is -2.47. The van der Waals surface area contributed by atoms with E-state index in [0.29, 0.717) is 23.7 Å². The number of terminal acetylenes is 1. The summed E-state index contributed by atoms with van der Waals surface area (Å²) in [7, 11) is -0.873. The summed E-state index contributed by atoms with van der Waals surface area (Å²) in [4.78, 5) is 27.1. The van der Waals surface area contributed by atoms with Crippen LogP contribution in [0.3, 0.4) is 0 Å². The number of methoxy groups -OCH3 is 2. The van der Waals surface area contributed by atoms with Gasteiger partial charge in [0.2, 0.25) is 0 Å². The predicted molar refractivity (Wildman–Crippen MR) is 310 cm³/mol. The number of fused-ring (bicyclic) bond motifs is 1. The van der Waals surface area contributed by atoms with E-state index in [4.69, 9.17) is 39.6 Å². The molecule has 0 spiro atoms. The number of anilines is 1. The number of para-hydroxylation sites is 1. The molecule has 1 fully saturated rings. The molecule has 1 aliphatic rings. The Morgan fingerprint density at radius 1 is 0.741 bits per heavy atom. The Morgan fingerprint density at radius 3 is 1.75 bits per heavy atom. The Balaban J connectivity index is 1.12. The number of aromatic nitrogens is 4. The van der Waals surface area contributed by atoms with Gasteiger partial charge in [0.05, 0.1) is 33.3 Å². The van der Waals surface area contributed by atoms with E-state index >= 15 is 8.96 Å². The van der Waals surface area contributed by atoms with Crippen LogP contribution < -0.4 is 24.4 Å². The lowest BCUT2D eigenvalue weighted by Gasteiger charge is -2.41. The van der Waals surface area contributed by atoms with Crippen molar-refractivity contribution in [3.8, 4) is 29.6 Å². The maximum Gasteiger partial charge on any atom is 0.323 e. The molecular formula is C65H62FN6O8P. The van der Waals surface area contributed by atoms with Gasteiger partial charge in [-0.2, -0.15) is 14.4 Å². The van der Waals surface area contributed by atoms with Gasteiger partial charge in [-0.05, 0) is 83.1 Å². The molecule has 412 valence electrons. The van der Waals surface area contributed by atoms with E-state index in [9.17, 15) is 4.79 Å². The van der Waals surface area contributed by atoms with Crippen molar-refractivity contribution in [2.75, 3.05) is 32.3 Å². The van der Waals surface area contributed by atoms with Crippen molar-refractivity contribution in [2.45, 2.75) is 68.2 Å². The van der Waals surface area contributed by atoms with Gasteiger partial charge < -0.3 is 33.5 Å². The van der Waals surface area contributed by atoms with Crippen LogP contribution in [0.2, 0.25) is 0 Å². The first-order valence-electron chi connectivity index (χ1n) is 26.8. The number of nitrogens with one attached hydrogen (secondary N) is 2. The topological polar surface area (TPSA) is 157 Å². The molecule has 0 saturated carbocycles. The SMILES string of the molecule is C#C[C@]1(CCP(=O)(N[C@@H](C)C(=O)OCCC)Oc2ccccc2)O[C@@H](n2cnc3c(NC(c4ccccc4)(c4ccccc4)c4ccc(OC)cc4)nc(F)nc32)C[C@@H]1OC(c1ccccc1)(c1ccccc1)c1ccc(OC)cc1. The highest BCUT2D eigenvalue weighted by atomic mass is 31.2. The molecule has 1 unspecified atom stereocenters. The van der Waals surface area contributed by atoms with Crippen molar-refractivity contribution >= 4 is 30.5 Å². The monoisotopic (exact) mass is 1100 g/mol. The summed E-state index contributed by atoms with van der Waals surface area (Å²) < 4.78 is 71.8. The molecule has 14 nitrogen and oxygen atoms in total. The molecule has 0 aliphatic carbocycles. The van der Waals surface area contributed by atoms with Crippen LogP contribution >= 0.6 is 7.52 Å². The maximum atomic E-state index is 16.6. The third kappa shape index (κ3) is 11.4. The summed E-state index contributed by atoms with van der Waals surface area (Å²) in [6.45, 7) is 3.64. The lowest BCUT2D eigenvalue weighted by atomic mass is 9.77. The Labute approximate surface area is 471 Å². The quantitative estimate of drug-likeness (QED) is 0.0205. The molecule has 1 aliphatic heterocycles. The van der Waals surface area contributed by atoms with Crippen LogP contribution in [0.4, 0.5) is 10.2 Å². The molecule has 0 bridgehead atoms. The molecule has 2 N–H and O–H groups in total. The van der Waals surface area contributed by atoms with Crippen LogP contribution in [-0.4, -0.2) is 70.2 Å². The number of benzene rings is 7. The van der Waals surface area contributed by atoms with E-state index in [1.807, 2.05) is 183 Å². The third-order valence-electron chi connectivity index (χ3n) is 14.6. The first-order chi connectivity index (χ1) is 39.5. The fraction of sp³-hybridized carbons (Fsp3) is 0.231. The molecule has 7 aromatic carbocycles. The van der Waals surface area contributed by atoms with Crippen molar-refractivity contribution in [2.24, 2.45) is 0 Å². The van der Waals surface area contributed by atoms with Crippen molar-refractivity contribution in [3.05, 3.63) is 246 Å². The zero-order valence-corrected chi connectivity index (χ0v) is 46.2. The van der Waals surface area contributed by atoms with Crippen molar-refractivity contribution in [1.82, 2.24) is 24.6 Å². The van der Waals surface area contributed by atoms with Gasteiger partial charge in [-0.3, -0.25) is 13.9 Å². The van der Waals surface area contributed by atoms with Crippen LogP contribution in [0.15, 0.2) is 207 Å². The van der Waals surface area contributed by atoms with Gasteiger partial charge in [0.25, 0.3) is 0 Å². The van der Waals surface area contributed by atoms with Gasteiger partial charge in [0.15, 0.2) is 22.6 Å². The Morgan fingerprint density at radius 2 is 1.23 bits per heavy atom. The summed E-state index contributed by atoms with van der Waals surface area (Å²) in [5.41, 5.74) is 0.815. The molecule has 0 radical (unpaired) electrons. The number of carbonyl (C=O) groups is 1. The first-order valence-corrected chi connectivity index (χ1v) is 28.6. The molecule has 2 aromatic heterocycles. The second-order valence-electron chi connectivity index (χ2n) is 19.7. The summed E-state index contributed by atoms with van der Waals surface area (Å²) >= 11 is 0. The Hall–Kier alpha value is -8.64. The standard InChI is InChI=1S/C65H62FN6O8P/c1-6-42-77-61(73)46(3)71-81(74,80-55-31-21-12-22-32-55)43-41-63(7-2)56(78-65(50-27-17-10-18-28-50,51-29-19-11-20-30-51)52-35-39-54(76-5)40-36-52)44-57(79-63)72-45-67-58-59(68-62(66)69-60(58)72)70-64(47-23-13-8-14-24-47,48-25-15-9-16-26-48)49-33-37-53(75-4)38-34-49/h2,8-40,45-46,56-57H,6,41-44H2,1,3-5H3,(H,71,74)(H,68,69,70)/t46-,56-,57+,63+,81?/m0/s1. The molecule has 9 aromatic rings. The highest BCUT2D eigenvalue weighted by Gasteiger charge is 2.55. The van der Waals surface area contributed by atoms with Gasteiger partial charge >= 0.3 is 19.6 Å². The van der Waals surface area contributed by atoms with Gasteiger partial charge in [0, 0.05) is 12.8 Å². The third-order valence-corrected chi connectivity index (χ3v) is 16.7. The van der Waals surface area contributed by atoms with Crippen molar-refractivity contribution < 1.29 is 42.0 Å². The highest BCUT2D eigenvalue weighted by molar-refractivity contribution is 7.57. The van der Waals surface area contributed by atoms with Crippen LogP contribution in [0, 0.1) is 18.4 Å². The van der Waals surface area contributed by atoms with Crippen LogP contribution in [-0.2, 0) is 34.7 Å². The number of rotatable bonds is 23. The van der Waals surface area contributed by atoms with Gasteiger partial charge in [-0.25, -0.2) is 10.1 Å². The summed E-state index contributed by atoms with van der Waals surface area (Å²) in [5, 5.41) is 6.69.